The topological polar surface area (TPSA) is 62.5 Å². The minimum absolute atomic E-state index is 0.0197. The van der Waals surface area contributed by atoms with Crippen molar-refractivity contribution in [3.05, 3.63) is 58.5 Å². The Hall–Kier alpha value is -2.40. The molecule has 2 aromatic heterocycles. The van der Waals surface area contributed by atoms with Gasteiger partial charge < -0.3 is 10.4 Å². The van der Waals surface area contributed by atoms with Crippen molar-refractivity contribution >= 4 is 11.3 Å². The minimum atomic E-state index is -0.0197. The van der Waals surface area contributed by atoms with Crippen LogP contribution in [0, 0.1) is 13.8 Å². The van der Waals surface area contributed by atoms with Crippen LogP contribution in [0.5, 0.6) is 0 Å². The second-order valence-corrected chi connectivity index (χ2v) is 5.77. The van der Waals surface area contributed by atoms with Gasteiger partial charge in [-0.05, 0) is 48.6 Å². The highest BCUT2D eigenvalue weighted by molar-refractivity contribution is 5.68. The number of pyridine rings is 1. The van der Waals surface area contributed by atoms with E-state index in [1.54, 1.807) is 4.52 Å². The summed E-state index contributed by atoms with van der Waals surface area (Å²) in [5, 5.41) is 17.3. The van der Waals surface area contributed by atoms with Gasteiger partial charge in [-0.25, -0.2) is 9.50 Å². The van der Waals surface area contributed by atoms with Crippen LogP contribution >= 0.6 is 0 Å². The number of aliphatic hydroxyl groups excluding tert-OH is 1. The number of nitrogens with zero attached hydrogens (tertiary/aromatic N) is 3. The molecule has 0 bridgehead atoms. The average Bonchev–Trinajstić information content (AvgIpc) is 2.93. The van der Waals surface area contributed by atoms with Crippen molar-refractivity contribution in [3.8, 4) is 0 Å². The van der Waals surface area contributed by atoms with E-state index < -0.39 is 0 Å². The van der Waals surface area contributed by atoms with Gasteiger partial charge in [0.1, 0.15) is 5.82 Å². The molecule has 1 aromatic carbocycles. The number of aliphatic hydroxyl groups is 1. The third-order valence-electron chi connectivity index (χ3n) is 4.12. The largest absolute Gasteiger partial charge is 0.392 e. The Morgan fingerprint density at radius 3 is 2.83 bits per heavy atom. The van der Waals surface area contributed by atoms with Gasteiger partial charge in [0.15, 0.2) is 5.65 Å². The first-order valence-corrected chi connectivity index (χ1v) is 7.90. The number of nitrogens with one attached hydrogen (secondary N) is 1. The van der Waals surface area contributed by atoms with E-state index in [1.165, 1.54) is 16.7 Å². The van der Waals surface area contributed by atoms with Crippen LogP contribution in [0.2, 0.25) is 0 Å². The monoisotopic (exact) mass is 310 g/mol. The lowest BCUT2D eigenvalue weighted by Gasteiger charge is -2.14. The quantitative estimate of drug-likeness (QED) is 0.760. The molecular formula is C18H22N4O. The summed E-state index contributed by atoms with van der Waals surface area (Å²) in [7, 11) is 0. The van der Waals surface area contributed by atoms with Crippen LogP contribution in [-0.4, -0.2) is 19.7 Å². The van der Waals surface area contributed by atoms with Gasteiger partial charge >= 0.3 is 0 Å². The molecule has 3 aromatic rings. The molecule has 5 heteroatoms. The van der Waals surface area contributed by atoms with Crippen molar-refractivity contribution in [2.75, 3.05) is 5.32 Å². The van der Waals surface area contributed by atoms with Crippen LogP contribution in [0.1, 0.15) is 35.0 Å². The molecule has 3 rings (SSSR count). The first kappa shape index (κ1) is 15.5. The normalized spacial score (nSPS) is 11.1. The van der Waals surface area contributed by atoms with Crippen molar-refractivity contribution in [2.24, 2.45) is 0 Å². The van der Waals surface area contributed by atoms with Crippen LogP contribution in [0.15, 0.2) is 30.5 Å². The third-order valence-corrected chi connectivity index (χ3v) is 4.12. The number of hydrogen-bond acceptors (Lipinski definition) is 4. The summed E-state index contributed by atoms with van der Waals surface area (Å²) in [5.41, 5.74) is 6.44. The highest BCUT2D eigenvalue weighted by atomic mass is 16.3. The van der Waals surface area contributed by atoms with Crippen molar-refractivity contribution in [1.29, 1.82) is 0 Å². The number of fused-ring (bicyclic) bond motifs is 1. The van der Waals surface area contributed by atoms with Crippen LogP contribution in [0.4, 0.5) is 5.69 Å². The minimum Gasteiger partial charge on any atom is -0.392 e. The predicted octanol–water partition coefficient (Wildman–Crippen LogP) is 3.01. The molecule has 0 aliphatic rings. The fourth-order valence-electron chi connectivity index (χ4n) is 2.90. The molecule has 2 heterocycles. The first-order valence-electron chi connectivity index (χ1n) is 7.90. The summed E-state index contributed by atoms with van der Waals surface area (Å²) < 4.78 is 1.72. The Kier molecular flexibility index (Phi) is 4.30. The van der Waals surface area contributed by atoms with E-state index in [9.17, 15) is 5.11 Å². The fourth-order valence-corrected chi connectivity index (χ4v) is 2.90. The second-order valence-electron chi connectivity index (χ2n) is 5.77. The molecule has 5 nitrogen and oxygen atoms in total. The first-order chi connectivity index (χ1) is 11.1. The van der Waals surface area contributed by atoms with Crippen molar-refractivity contribution < 1.29 is 5.11 Å². The smallest absolute Gasteiger partial charge is 0.178 e. The van der Waals surface area contributed by atoms with Gasteiger partial charge in [0, 0.05) is 12.7 Å². The lowest BCUT2D eigenvalue weighted by molar-refractivity contribution is 0.281. The molecule has 0 fully saturated rings. The van der Waals surface area contributed by atoms with E-state index in [4.69, 9.17) is 0 Å². The lowest BCUT2D eigenvalue weighted by Crippen LogP contribution is -2.07. The molecule has 0 radical (unpaired) electrons. The Bertz CT molecular complexity index is 838. The second kappa shape index (κ2) is 6.38. The van der Waals surface area contributed by atoms with Crippen LogP contribution in [-0.2, 0) is 19.6 Å². The Morgan fingerprint density at radius 1 is 1.26 bits per heavy atom. The van der Waals surface area contributed by atoms with Gasteiger partial charge in [0.2, 0.25) is 0 Å². The van der Waals surface area contributed by atoms with E-state index in [1.807, 2.05) is 19.2 Å². The van der Waals surface area contributed by atoms with Gasteiger partial charge in [-0.3, -0.25) is 0 Å². The molecule has 0 aliphatic carbocycles. The molecule has 120 valence electrons. The fraction of sp³-hybridized carbons (Fsp3) is 0.333. The van der Waals surface area contributed by atoms with E-state index >= 15 is 0 Å². The molecule has 0 saturated carbocycles. The summed E-state index contributed by atoms with van der Waals surface area (Å²) in [6.07, 6.45) is 2.82. The molecule has 0 unspecified atom stereocenters. The van der Waals surface area contributed by atoms with Crippen LogP contribution < -0.4 is 5.32 Å². The maximum absolute atomic E-state index is 9.45. The Labute approximate surface area is 136 Å². The number of aromatic nitrogens is 3. The van der Waals surface area contributed by atoms with Gasteiger partial charge in [-0.1, -0.05) is 25.1 Å². The van der Waals surface area contributed by atoms with Gasteiger partial charge in [0.05, 0.1) is 12.3 Å². The van der Waals surface area contributed by atoms with E-state index in [0.717, 1.165) is 29.9 Å². The summed E-state index contributed by atoms with van der Waals surface area (Å²) in [4.78, 5) is 4.47. The van der Waals surface area contributed by atoms with E-state index in [0.29, 0.717) is 5.82 Å². The zero-order valence-corrected chi connectivity index (χ0v) is 13.8. The van der Waals surface area contributed by atoms with Crippen LogP contribution in [0.25, 0.3) is 5.65 Å². The Balaban J connectivity index is 1.96. The summed E-state index contributed by atoms with van der Waals surface area (Å²) in [6.45, 7) is 6.88. The maximum Gasteiger partial charge on any atom is 0.178 e. The molecule has 23 heavy (non-hydrogen) atoms. The van der Waals surface area contributed by atoms with Crippen molar-refractivity contribution in [3.63, 3.8) is 0 Å². The lowest BCUT2D eigenvalue weighted by atomic mass is 10.00. The Morgan fingerprint density at radius 2 is 2.09 bits per heavy atom. The molecule has 0 atom stereocenters. The molecule has 0 aliphatic heterocycles. The van der Waals surface area contributed by atoms with Gasteiger partial charge in [0.25, 0.3) is 0 Å². The summed E-state index contributed by atoms with van der Waals surface area (Å²) >= 11 is 0. The SMILES string of the molecule is CCc1cccc(C)c1CNc1cc(CO)cn2nc(C)nc12. The van der Waals surface area contributed by atoms with Crippen molar-refractivity contribution in [1.82, 2.24) is 14.6 Å². The third kappa shape index (κ3) is 3.05. The highest BCUT2D eigenvalue weighted by Crippen LogP contribution is 2.21. The molecule has 2 N–H and O–H groups in total. The molecular weight excluding hydrogens is 288 g/mol. The molecule has 0 saturated heterocycles. The standard InChI is InChI=1S/C18H22N4O/c1-4-15-7-5-6-12(2)16(15)9-19-17-8-14(11-23)10-22-18(17)20-13(3)21-22/h5-8,10,19,23H,4,9,11H2,1-3H3. The molecule has 0 spiro atoms. The van der Waals surface area contributed by atoms with Crippen molar-refractivity contribution in [2.45, 2.75) is 40.3 Å². The van der Waals surface area contributed by atoms with E-state index in [-0.39, 0.29) is 6.61 Å². The summed E-state index contributed by atoms with van der Waals surface area (Å²) in [6, 6.07) is 8.35. The predicted molar refractivity (Wildman–Crippen MR) is 91.5 cm³/mol. The number of hydrogen-bond donors (Lipinski definition) is 2. The maximum atomic E-state index is 9.45. The molecule has 0 amide bonds. The van der Waals surface area contributed by atoms with Gasteiger partial charge in [-0.15, -0.1) is 0 Å². The number of rotatable bonds is 5. The van der Waals surface area contributed by atoms with Gasteiger partial charge in [-0.2, -0.15) is 5.10 Å². The zero-order chi connectivity index (χ0) is 16.4. The number of aryl methyl sites for hydroxylation is 3. The van der Waals surface area contributed by atoms with E-state index in [2.05, 4.69) is 47.4 Å². The average molecular weight is 310 g/mol. The zero-order valence-electron chi connectivity index (χ0n) is 13.8. The number of benzene rings is 1. The number of anilines is 1. The highest BCUT2D eigenvalue weighted by Gasteiger charge is 2.10. The summed E-state index contributed by atoms with van der Waals surface area (Å²) in [5.74, 6) is 0.716. The van der Waals surface area contributed by atoms with Crippen LogP contribution in [0.3, 0.4) is 0 Å².